The third-order valence-electron chi connectivity index (χ3n) is 7.56. The highest BCUT2D eigenvalue weighted by Crippen LogP contribution is 2.45. The number of hydrogen-bond donors (Lipinski definition) is 1. The van der Waals surface area contributed by atoms with Gasteiger partial charge in [-0.05, 0) is 80.5 Å². The molecule has 7 nitrogen and oxygen atoms in total. The van der Waals surface area contributed by atoms with Crippen LogP contribution in [-0.4, -0.2) is 75.3 Å². The zero-order valence-electron chi connectivity index (χ0n) is 22.4. The number of carbonyl (C=O) groups excluding carboxylic acids is 2. The Kier molecular flexibility index (Phi) is 9.38. The quantitative estimate of drug-likeness (QED) is 0.377. The molecule has 8 heteroatoms. The van der Waals surface area contributed by atoms with E-state index in [-0.39, 0.29) is 11.8 Å². The van der Waals surface area contributed by atoms with E-state index in [1.54, 1.807) is 50.1 Å². The maximum absolute atomic E-state index is 13.8. The molecule has 4 rings (SSSR count). The molecule has 2 heterocycles. The van der Waals surface area contributed by atoms with Gasteiger partial charge in [-0.1, -0.05) is 25.0 Å². The van der Waals surface area contributed by atoms with Crippen molar-refractivity contribution in [2.45, 2.75) is 49.0 Å². The van der Waals surface area contributed by atoms with Crippen LogP contribution < -0.4 is 14.8 Å². The number of hydrogen-bond acceptors (Lipinski definition) is 6. The second kappa shape index (κ2) is 12.7. The van der Waals surface area contributed by atoms with Gasteiger partial charge in [0.25, 0.3) is 5.91 Å². The molecule has 2 unspecified atom stereocenters. The Morgan fingerprint density at radius 1 is 1.03 bits per heavy atom. The SMILES string of the molecule is COc1cc2c(cc1OC)C(C(=O)NCCCN1CCCCCC1)C(c1ccc(SC)cc1)N(C)C2=O. The Balaban J connectivity index is 1.62. The van der Waals surface area contributed by atoms with Crippen molar-refractivity contribution in [3.05, 3.63) is 53.1 Å². The van der Waals surface area contributed by atoms with Crippen LogP contribution in [0.4, 0.5) is 0 Å². The third-order valence-corrected chi connectivity index (χ3v) is 8.31. The van der Waals surface area contributed by atoms with Crippen molar-refractivity contribution in [2.24, 2.45) is 0 Å². The van der Waals surface area contributed by atoms with Crippen molar-refractivity contribution in [1.29, 1.82) is 0 Å². The van der Waals surface area contributed by atoms with E-state index >= 15 is 0 Å². The molecule has 2 atom stereocenters. The van der Waals surface area contributed by atoms with Crippen LogP contribution in [0.15, 0.2) is 41.3 Å². The number of methoxy groups -OCH3 is 2. The van der Waals surface area contributed by atoms with Gasteiger partial charge in [0.15, 0.2) is 11.5 Å². The second-order valence-electron chi connectivity index (χ2n) is 9.81. The Labute approximate surface area is 224 Å². The van der Waals surface area contributed by atoms with Crippen LogP contribution in [0.5, 0.6) is 11.5 Å². The number of likely N-dealkylation sites (N-methyl/N-ethyl adjacent to an activating group) is 1. The number of rotatable bonds is 9. The first-order valence-electron chi connectivity index (χ1n) is 13.2. The van der Waals surface area contributed by atoms with E-state index in [2.05, 4.69) is 10.2 Å². The summed E-state index contributed by atoms with van der Waals surface area (Å²) in [4.78, 5) is 32.7. The van der Waals surface area contributed by atoms with E-state index in [0.717, 1.165) is 36.5 Å². The first-order chi connectivity index (χ1) is 18.0. The highest BCUT2D eigenvalue weighted by atomic mass is 32.2. The summed E-state index contributed by atoms with van der Waals surface area (Å²) in [6.07, 6.45) is 8.08. The van der Waals surface area contributed by atoms with Crippen LogP contribution in [0.25, 0.3) is 0 Å². The number of ether oxygens (including phenoxy) is 2. The molecule has 1 saturated heterocycles. The molecule has 1 N–H and O–H groups in total. The Bertz CT molecular complexity index is 1080. The number of nitrogens with one attached hydrogen (secondary N) is 1. The first kappa shape index (κ1) is 27.3. The highest BCUT2D eigenvalue weighted by Gasteiger charge is 2.43. The molecule has 0 aromatic heterocycles. The average Bonchev–Trinajstić information content (AvgIpc) is 3.21. The molecule has 200 valence electrons. The van der Waals surface area contributed by atoms with Crippen LogP contribution in [0, 0.1) is 0 Å². The number of fused-ring (bicyclic) bond motifs is 1. The van der Waals surface area contributed by atoms with E-state index in [1.807, 2.05) is 30.5 Å². The predicted octanol–water partition coefficient (Wildman–Crippen LogP) is 4.72. The fourth-order valence-corrected chi connectivity index (χ4v) is 5.94. The molecule has 2 aromatic carbocycles. The molecule has 0 radical (unpaired) electrons. The van der Waals surface area contributed by atoms with Gasteiger partial charge in [0.05, 0.1) is 26.2 Å². The van der Waals surface area contributed by atoms with E-state index in [0.29, 0.717) is 29.2 Å². The van der Waals surface area contributed by atoms with Crippen LogP contribution in [0.3, 0.4) is 0 Å². The third kappa shape index (κ3) is 6.07. The summed E-state index contributed by atoms with van der Waals surface area (Å²) in [5.41, 5.74) is 2.07. The Hall–Kier alpha value is -2.71. The van der Waals surface area contributed by atoms with Gasteiger partial charge in [0, 0.05) is 24.1 Å². The van der Waals surface area contributed by atoms with E-state index in [4.69, 9.17) is 9.47 Å². The molecule has 2 aromatic rings. The van der Waals surface area contributed by atoms with Crippen LogP contribution >= 0.6 is 11.8 Å². The number of likely N-dealkylation sites (tertiary alicyclic amines) is 1. The van der Waals surface area contributed by atoms with Gasteiger partial charge < -0.3 is 24.6 Å². The standard InChI is InChI=1S/C29H39N3O4S/c1-31-27(20-10-12-21(37-4)13-11-20)26(22-18-24(35-2)25(36-3)19-23(22)29(31)34)28(33)30-14-9-17-32-15-7-5-6-8-16-32/h10-13,18-19,26-27H,5-9,14-17H2,1-4H3,(H,30,33). The summed E-state index contributed by atoms with van der Waals surface area (Å²) in [5, 5.41) is 3.19. The number of nitrogens with zero attached hydrogens (tertiary/aromatic N) is 2. The molecule has 0 aliphatic carbocycles. The average molecular weight is 526 g/mol. The van der Waals surface area contributed by atoms with Crippen molar-refractivity contribution >= 4 is 23.6 Å². The minimum absolute atomic E-state index is 0.0809. The summed E-state index contributed by atoms with van der Waals surface area (Å²) in [7, 11) is 4.89. The molecule has 0 saturated carbocycles. The van der Waals surface area contributed by atoms with Crippen LogP contribution in [0.2, 0.25) is 0 Å². The molecule has 37 heavy (non-hydrogen) atoms. The minimum Gasteiger partial charge on any atom is -0.493 e. The second-order valence-corrected chi connectivity index (χ2v) is 10.7. The fraction of sp³-hybridized carbons (Fsp3) is 0.517. The topological polar surface area (TPSA) is 71.1 Å². The molecule has 2 aliphatic rings. The summed E-state index contributed by atoms with van der Waals surface area (Å²) >= 11 is 1.66. The Morgan fingerprint density at radius 2 is 1.68 bits per heavy atom. The summed E-state index contributed by atoms with van der Waals surface area (Å²) in [5.74, 6) is 0.190. The Morgan fingerprint density at radius 3 is 2.30 bits per heavy atom. The number of benzene rings is 2. The van der Waals surface area contributed by atoms with Gasteiger partial charge in [0.2, 0.25) is 5.91 Å². The predicted molar refractivity (Wildman–Crippen MR) is 148 cm³/mol. The van der Waals surface area contributed by atoms with Gasteiger partial charge in [0.1, 0.15) is 0 Å². The molecule has 0 bridgehead atoms. The smallest absolute Gasteiger partial charge is 0.254 e. The van der Waals surface area contributed by atoms with Crippen LogP contribution in [0.1, 0.15) is 65.5 Å². The number of carbonyl (C=O) groups is 2. The molecular weight excluding hydrogens is 486 g/mol. The van der Waals surface area contributed by atoms with E-state index < -0.39 is 12.0 Å². The zero-order chi connectivity index (χ0) is 26.4. The lowest BCUT2D eigenvalue weighted by Gasteiger charge is -2.40. The zero-order valence-corrected chi connectivity index (χ0v) is 23.2. The fourth-order valence-electron chi connectivity index (χ4n) is 5.53. The van der Waals surface area contributed by atoms with Crippen molar-refractivity contribution in [3.8, 4) is 11.5 Å². The molecule has 1 fully saturated rings. The normalized spacial score (nSPS) is 20.2. The number of thioether (sulfide) groups is 1. The van der Waals surface area contributed by atoms with Gasteiger partial charge in [-0.25, -0.2) is 0 Å². The summed E-state index contributed by atoms with van der Waals surface area (Å²) in [6, 6.07) is 11.2. The van der Waals surface area contributed by atoms with E-state index in [9.17, 15) is 9.59 Å². The maximum atomic E-state index is 13.8. The van der Waals surface area contributed by atoms with Crippen molar-refractivity contribution in [2.75, 3.05) is 53.7 Å². The van der Waals surface area contributed by atoms with E-state index in [1.165, 1.54) is 25.7 Å². The van der Waals surface area contributed by atoms with Gasteiger partial charge >= 0.3 is 0 Å². The minimum atomic E-state index is -0.573. The van der Waals surface area contributed by atoms with Crippen molar-refractivity contribution < 1.29 is 19.1 Å². The molecule has 2 amide bonds. The summed E-state index contributed by atoms with van der Waals surface area (Å²) < 4.78 is 11.0. The number of amides is 2. The van der Waals surface area contributed by atoms with Gasteiger partial charge in [-0.15, -0.1) is 11.8 Å². The molecule has 0 spiro atoms. The first-order valence-corrected chi connectivity index (χ1v) is 14.4. The highest BCUT2D eigenvalue weighted by molar-refractivity contribution is 7.98. The lowest BCUT2D eigenvalue weighted by Crippen LogP contribution is -2.46. The molecular formula is C29H39N3O4S. The van der Waals surface area contributed by atoms with Gasteiger partial charge in [-0.2, -0.15) is 0 Å². The van der Waals surface area contributed by atoms with Crippen molar-refractivity contribution in [1.82, 2.24) is 15.1 Å². The largest absolute Gasteiger partial charge is 0.493 e. The lowest BCUT2D eigenvalue weighted by atomic mass is 9.79. The van der Waals surface area contributed by atoms with Gasteiger partial charge in [-0.3, -0.25) is 9.59 Å². The maximum Gasteiger partial charge on any atom is 0.254 e. The molecule has 2 aliphatic heterocycles. The monoisotopic (exact) mass is 525 g/mol. The van der Waals surface area contributed by atoms with Crippen molar-refractivity contribution in [3.63, 3.8) is 0 Å². The lowest BCUT2D eigenvalue weighted by molar-refractivity contribution is -0.124. The summed E-state index contributed by atoms with van der Waals surface area (Å²) in [6.45, 7) is 3.88. The van der Waals surface area contributed by atoms with Crippen LogP contribution in [-0.2, 0) is 4.79 Å².